The molecular formula is C71H124N2O6P+. The van der Waals surface area contributed by atoms with Crippen LogP contribution in [0, 0.1) is 0 Å². The fraction of sp³-hybridized carbons (Fsp3) is 0.676. The van der Waals surface area contributed by atoms with Gasteiger partial charge in [-0.25, -0.2) is 4.57 Å². The Morgan fingerprint density at radius 1 is 0.438 bits per heavy atom. The maximum Gasteiger partial charge on any atom is 0.472 e. The van der Waals surface area contributed by atoms with Gasteiger partial charge in [-0.2, -0.15) is 0 Å². The van der Waals surface area contributed by atoms with E-state index in [1.807, 2.05) is 27.2 Å². The van der Waals surface area contributed by atoms with Gasteiger partial charge in [0.15, 0.2) is 0 Å². The number of nitrogens with one attached hydrogen (secondary N) is 1. The first-order valence-electron chi connectivity index (χ1n) is 32.6. The molecule has 0 aromatic rings. The van der Waals surface area contributed by atoms with Crippen molar-refractivity contribution in [2.45, 2.75) is 270 Å². The number of aliphatic hydroxyl groups excluding tert-OH is 1. The molecule has 0 aliphatic rings. The zero-order chi connectivity index (χ0) is 58.4. The normalized spacial score (nSPS) is 14.6. The minimum Gasteiger partial charge on any atom is -0.387 e. The fourth-order valence-electron chi connectivity index (χ4n) is 8.82. The number of quaternary nitrogens is 1. The van der Waals surface area contributed by atoms with E-state index >= 15 is 0 Å². The van der Waals surface area contributed by atoms with Gasteiger partial charge >= 0.3 is 7.82 Å². The summed E-state index contributed by atoms with van der Waals surface area (Å²) in [6.45, 7) is 4.66. The molecule has 0 fully saturated rings. The minimum absolute atomic E-state index is 0.0419. The number of allylic oxidation sites excluding steroid dienone is 21. The van der Waals surface area contributed by atoms with Crippen LogP contribution in [0.25, 0.3) is 0 Å². The lowest BCUT2D eigenvalue weighted by Crippen LogP contribution is -2.45. The van der Waals surface area contributed by atoms with E-state index in [0.717, 1.165) is 96.3 Å². The molecule has 0 saturated carbocycles. The van der Waals surface area contributed by atoms with E-state index < -0.39 is 20.0 Å². The Morgan fingerprint density at radius 2 is 0.762 bits per heavy atom. The smallest absolute Gasteiger partial charge is 0.387 e. The number of carbonyl (C=O) groups excluding carboxylic acids is 1. The van der Waals surface area contributed by atoms with Gasteiger partial charge in [-0.1, -0.05) is 282 Å². The maximum atomic E-state index is 13.0. The van der Waals surface area contributed by atoms with Crippen molar-refractivity contribution < 1.29 is 32.9 Å². The number of phosphoric ester groups is 1. The van der Waals surface area contributed by atoms with E-state index in [2.05, 4.69) is 141 Å². The van der Waals surface area contributed by atoms with Crippen LogP contribution < -0.4 is 5.32 Å². The second-order valence-electron chi connectivity index (χ2n) is 22.7. The quantitative estimate of drug-likeness (QED) is 0.0243. The number of carbonyl (C=O) groups is 1. The summed E-state index contributed by atoms with van der Waals surface area (Å²) in [5, 5.41) is 13.9. The molecule has 9 heteroatoms. The third kappa shape index (κ3) is 62.2. The van der Waals surface area contributed by atoms with Crippen LogP contribution in [0.5, 0.6) is 0 Å². The van der Waals surface area contributed by atoms with Gasteiger partial charge in [0.1, 0.15) is 13.2 Å². The lowest BCUT2D eigenvalue weighted by Gasteiger charge is -2.25. The van der Waals surface area contributed by atoms with Gasteiger partial charge in [0, 0.05) is 6.42 Å². The van der Waals surface area contributed by atoms with Crippen LogP contribution in [-0.2, 0) is 18.4 Å². The summed E-state index contributed by atoms with van der Waals surface area (Å²) in [7, 11) is 1.51. The van der Waals surface area contributed by atoms with Crippen LogP contribution in [-0.4, -0.2) is 73.4 Å². The number of hydrogen-bond acceptors (Lipinski definition) is 5. The van der Waals surface area contributed by atoms with E-state index in [-0.39, 0.29) is 19.1 Å². The molecule has 8 nitrogen and oxygen atoms in total. The molecule has 80 heavy (non-hydrogen) atoms. The summed E-state index contributed by atoms with van der Waals surface area (Å²) in [5.74, 6) is -0.222. The highest BCUT2D eigenvalue weighted by molar-refractivity contribution is 7.47. The van der Waals surface area contributed by atoms with Crippen molar-refractivity contribution in [3.8, 4) is 0 Å². The molecule has 0 aromatic heterocycles. The number of unbranched alkanes of at least 4 members (excludes halogenated alkanes) is 25. The molecule has 3 N–H and O–H groups in total. The van der Waals surface area contributed by atoms with E-state index in [9.17, 15) is 19.4 Å². The molecule has 0 bridgehead atoms. The molecule has 0 saturated heterocycles. The van der Waals surface area contributed by atoms with Gasteiger partial charge in [0.05, 0.1) is 39.9 Å². The molecule has 0 aliphatic carbocycles. The number of phosphoric acid groups is 1. The Labute approximate surface area is 494 Å². The number of amides is 1. The molecule has 1 amide bonds. The van der Waals surface area contributed by atoms with Crippen LogP contribution in [0.15, 0.2) is 134 Å². The van der Waals surface area contributed by atoms with Gasteiger partial charge in [-0.15, -0.1) is 0 Å². The molecule has 0 aliphatic heterocycles. The zero-order valence-electron chi connectivity index (χ0n) is 52.3. The van der Waals surface area contributed by atoms with Gasteiger partial charge in [0.2, 0.25) is 5.91 Å². The van der Waals surface area contributed by atoms with Crippen molar-refractivity contribution in [3.63, 3.8) is 0 Å². The Bertz CT molecular complexity index is 1760. The third-order valence-electron chi connectivity index (χ3n) is 13.9. The molecule has 0 rings (SSSR count). The summed E-state index contributed by atoms with van der Waals surface area (Å²) in [5.41, 5.74) is 0. The van der Waals surface area contributed by atoms with E-state index in [0.29, 0.717) is 23.9 Å². The second-order valence-corrected chi connectivity index (χ2v) is 24.2. The largest absolute Gasteiger partial charge is 0.472 e. The monoisotopic (exact) mass is 1130 g/mol. The standard InChI is InChI=1S/C71H123N2O6P/c1-6-8-10-12-14-16-18-20-22-24-26-28-30-32-34-35-36-37-39-41-43-45-47-49-51-53-55-57-59-61-63-65-71(75)72-69(68-79-80(76,77)78-67-66-73(3,4)5)70(74)64-62-60-58-56-54-52-50-48-46-44-42-40-38-33-31-29-27-25-23-21-19-17-15-13-11-9-7-2/h8,10,14,16,20,22,26,28,32,34,36-37,41,43,47,49,53-56,62,64,69-70,74H,6-7,9,11-13,15,17-19,21,23-25,27,29-31,33,35,38-40,42,44-46,48,50-52,57-61,63,65-68H2,1-5H3,(H-,72,75,76,77)/p+1/b10-8-,16-14-,22-20-,28-26-,34-32-,37-36-,43-41-,49-47-,55-53-,56-54+,64-62+. The second kappa shape index (κ2) is 60.2. The number of likely N-dealkylation sites (N-methyl/N-ethyl adjacent to an activating group) is 1. The average Bonchev–Trinajstić information content (AvgIpc) is 3.42. The van der Waals surface area contributed by atoms with Gasteiger partial charge in [-0.05, 0) is 103 Å². The van der Waals surface area contributed by atoms with E-state index in [1.54, 1.807) is 6.08 Å². The molecule has 3 unspecified atom stereocenters. The molecule has 0 heterocycles. The Hall–Kier alpha value is -3.36. The summed E-state index contributed by atoms with van der Waals surface area (Å²) in [6, 6.07) is -0.894. The zero-order valence-corrected chi connectivity index (χ0v) is 53.2. The summed E-state index contributed by atoms with van der Waals surface area (Å²) < 4.78 is 23.7. The third-order valence-corrected chi connectivity index (χ3v) is 14.8. The lowest BCUT2D eigenvalue weighted by atomic mass is 10.0. The number of rotatable bonds is 58. The first-order valence-corrected chi connectivity index (χ1v) is 34.1. The van der Waals surface area contributed by atoms with E-state index in [4.69, 9.17) is 9.05 Å². The van der Waals surface area contributed by atoms with Crippen LogP contribution >= 0.6 is 7.82 Å². The predicted octanol–water partition coefficient (Wildman–Crippen LogP) is 20.7. The number of nitrogens with zero attached hydrogens (tertiary/aromatic N) is 1. The van der Waals surface area contributed by atoms with Crippen LogP contribution in [0.3, 0.4) is 0 Å². The maximum absolute atomic E-state index is 13.0. The van der Waals surface area contributed by atoms with Crippen molar-refractivity contribution >= 4 is 13.7 Å². The lowest BCUT2D eigenvalue weighted by molar-refractivity contribution is -0.870. The predicted molar refractivity (Wildman–Crippen MR) is 350 cm³/mol. The topological polar surface area (TPSA) is 105 Å². The molecule has 458 valence electrons. The average molecular weight is 1130 g/mol. The Balaban J connectivity index is 4.30. The highest BCUT2D eigenvalue weighted by atomic mass is 31.2. The van der Waals surface area contributed by atoms with Crippen LogP contribution in [0.2, 0.25) is 0 Å². The number of aliphatic hydroxyl groups is 1. The van der Waals surface area contributed by atoms with Crippen LogP contribution in [0.1, 0.15) is 258 Å². The molecule has 3 atom stereocenters. The minimum atomic E-state index is -4.38. The SMILES string of the molecule is CC/C=C\C/C=C\C/C=C\C/C=C\C/C=C\C/C=C\C/C=C\C/C=C\C/C=C\CCCCCC(=O)NC(COP(=O)(O)OCC[N+](C)(C)C)C(O)/C=C/CC/C=C/CCCCCCCCCCCCCCCCCCCCCCC. The molecular weight excluding hydrogens is 1010 g/mol. The highest BCUT2D eigenvalue weighted by Gasteiger charge is 2.27. The number of hydrogen-bond donors (Lipinski definition) is 3. The van der Waals surface area contributed by atoms with Crippen molar-refractivity contribution in [2.24, 2.45) is 0 Å². The summed E-state index contributed by atoms with van der Waals surface area (Å²) in [4.78, 5) is 23.4. The Morgan fingerprint density at radius 3 is 1.15 bits per heavy atom. The molecule has 0 radical (unpaired) electrons. The summed E-state index contributed by atoms with van der Waals surface area (Å²) in [6.07, 6.45) is 91.5. The van der Waals surface area contributed by atoms with E-state index in [1.165, 1.54) is 135 Å². The van der Waals surface area contributed by atoms with Gasteiger partial charge in [-0.3, -0.25) is 13.8 Å². The van der Waals surface area contributed by atoms with Crippen molar-refractivity contribution in [2.75, 3.05) is 40.9 Å². The van der Waals surface area contributed by atoms with Gasteiger partial charge in [0.25, 0.3) is 0 Å². The van der Waals surface area contributed by atoms with Gasteiger partial charge < -0.3 is 19.8 Å². The molecule has 0 aromatic carbocycles. The van der Waals surface area contributed by atoms with Crippen molar-refractivity contribution in [1.82, 2.24) is 5.32 Å². The Kier molecular flexibility index (Phi) is 57.7. The summed E-state index contributed by atoms with van der Waals surface area (Å²) >= 11 is 0. The first kappa shape index (κ1) is 76.6. The highest BCUT2D eigenvalue weighted by Crippen LogP contribution is 2.43. The first-order chi connectivity index (χ1) is 39.0. The van der Waals surface area contributed by atoms with Crippen LogP contribution in [0.4, 0.5) is 0 Å². The fourth-order valence-corrected chi connectivity index (χ4v) is 9.55. The molecule has 0 spiro atoms. The van der Waals surface area contributed by atoms with Crippen molar-refractivity contribution in [1.29, 1.82) is 0 Å². The van der Waals surface area contributed by atoms with Crippen molar-refractivity contribution in [3.05, 3.63) is 134 Å².